The second-order valence-electron chi connectivity index (χ2n) is 4.42. The minimum atomic E-state index is -3.50. The van der Waals surface area contributed by atoms with Gasteiger partial charge in [-0.15, -0.1) is 0 Å². The van der Waals surface area contributed by atoms with Gasteiger partial charge >= 0.3 is 5.82 Å². The van der Waals surface area contributed by atoms with Gasteiger partial charge in [-0.2, -0.15) is 0 Å². The molecule has 2 N–H and O–H groups in total. The number of sulfonamides is 1. The van der Waals surface area contributed by atoms with Crippen LogP contribution < -0.4 is 21.7 Å². The van der Waals surface area contributed by atoms with Gasteiger partial charge in [-0.25, -0.2) is 22.3 Å². The lowest BCUT2D eigenvalue weighted by atomic mass is 10.4. The predicted octanol–water partition coefficient (Wildman–Crippen LogP) is -2.90. The average molecular weight is 345 g/mol. The van der Waals surface area contributed by atoms with Gasteiger partial charge in [0.25, 0.3) is 0 Å². The summed E-state index contributed by atoms with van der Waals surface area (Å²) in [5, 5.41) is 11.6. The second kappa shape index (κ2) is 7.92. The number of rotatable bonds is 6. The lowest BCUT2D eigenvalue weighted by molar-refractivity contribution is -0.671. The van der Waals surface area contributed by atoms with Crippen molar-refractivity contribution in [2.45, 2.75) is 11.4 Å². The molecule has 0 unspecified atom stereocenters. The number of aromatic nitrogens is 2. The van der Waals surface area contributed by atoms with E-state index in [0.717, 1.165) is 0 Å². The Morgan fingerprint density at radius 1 is 1.36 bits per heavy atom. The van der Waals surface area contributed by atoms with Gasteiger partial charge in [0.1, 0.15) is 18.9 Å². The van der Waals surface area contributed by atoms with E-state index in [4.69, 9.17) is 5.21 Å². The van der Waals surface area contributed by atoms with Crippen molar-refractivity contribution >= 4 is 16.2 Å². The SMILES string of the molecule is C[n+]1ccn(CCNS(=O)(=O)c2ccccc2)c1/C=N/O.[Cl-]. The van der Waals surface area contributed by atoms with Gasteiger partial charge in [0.15, 0.2) is 6.21 Å². The molecule has 7 nitrogen and oxygen atoms in total. The molecule has 0 aliphatic rings. The van der Waals surface area contributed by atoms with E-state index in [1.54, 1.807) is 51.9 Å². The molecule has 0 radical (unpaired) electrons. The standard InChI is InChI=1S/C13H16N4O3S.ClH/c1-16-9-10-17(13(16)11-14-18)8-7-15-21(19,20)12-5-3-2-4-6-12;/h2-6,9-11,15H,7-8H2,1H3;1H. The van der Waals surface area contributed by atoms with Crippen molar-refractivity contribution < 1.29 is 30.6 Å². The Balaban J connectivity index is 0.00000242. The quantitative estimate of drug-likeness (QED) is 0.255. The van der Waals surface area contributed by atoms with E-state index < -0.39 is 10.0 Å². The van der Waals surface area contributed by atoms with Crippen molar-refractivity contribution in [3.05, 3.63) is 48.5 Å². The normalized spacial score (nSPS) is 11.5. The molecule has 1 aromatic heterocycles. The van der Waals surface area contributed by atoms with Crippen molar-refractivity contribution in [3.8, 4) is 0 Å². The number of nitrogens with zero attached hydrogens (tertiary/aromatic N) is 3. The largest absolute Gasteiger partial charge is 1.00 e. The van der Waals surface area contributed by atoms with Crippen LogP contribution in [-0.2, 0) is 23.6 Å². The lowest BCUT2D eigenvalue weighted by Gasteiger charge is -2.05. The van der Waals surface area contributed by atoms with Crippen LogP contribution in [0.5, 0.6) is 0 Å². The van der Waals surface area contributed by atoms with E-state index in [2.05, 4.69) is 9.88 Å². The molecule has 0 fully saturated rings. The van der Waals surface area contributed by atoms with E-state index >= 15 is 0 Å². The van der Waals surface area contributed by atoms with Gasteiger partial charge in [0.2, 0.25) is 10.0 Å². The molecule has 2 rings (SSSR count). The summed E-state index contributed by atoms with van der Waals surface area (Å²) in [6.07, 6.45) is 4.88. The number of halogens is 1. The molecule has 0 saturated carbocycles. The molecule has 0 spiro atoms. The molecule has 0 atom stereocenters. The smallest absolute Gasteiger partial charge is 0.303 e. The fourth-order valence-corrected chi connectivity index (χ4v) is 2.97. The zero-order chi connectivity index (χ0) is 15.3. The third kappa shape index (κ3) is 4.30. The number of aryl methyl sites for hydroxylation is 1. The molecular formula is C13H17ClN4O3S. The Bertz CT molecular complexity index is 729. The Morgan fingerprint density at radius 2 is 2.05 bits per heavy atom. The van der Waals surface area contributed by atoms with Crippen molar-refractivity contribution in [2.75, 3.05) is 6.54 Å². The van der Waals surface area contributed by atoms with Crippen LogP contribution >= 0.6 is 0 Å². The topological polar surface area (TPSA) is 87.6 Å². The molecule has 0 aliphatic heterocycles. The Hall–Kier alpha value is -1.90. The Labute approximate surface area is 135 Å². The summed E-state index contributed by atoms with van der Waals surface area (Å²) in [7, 11) is -1.69. The summed E-state index contributed by atoms with van der Waals surface area (Å²) < 4.78 is 30.2. The highest BCUT2D eigenvalue weighted by Gasteiger charge is 2.15. The molecule has 1 heterocycles. The highest BCUT2D eigenvalue weighted by Crippen LogP contribution is 2.06. The molecular weight excluding hydrogens is 328 g/mol. The van der Waals surface area contributed by atoms with Gasteiger partial charge in [-0.1, -0.05) is 23.4 Å². The van der Waals surface area contributed by atoms with Gasteiger partial charge in [-0.05, 0) is 12.1 Å². The number of hydrogen-bond donors (Lipinski definition) is 2. The lowest BCUT2D eigenvalue weighted by Crippen LogP contribution is -3.00. The second-order valence-corrected chi connectivity index (χ2v) is 6.18. The average Bonchev–Trinajstić information content (AvgIpc) is 2.82. The first-order chi connectivity index (χ1) is 10.0. The van der Waals surface area contributed by atoms with Crippen LogP contribution in [0.15, 0.2) is 52.8 Å². The van der Waals surface area contributed by atoms with Gasteiger partial charge in [0.05, 0.1) is 11.9 Å². The van der Waals surface area contributed by atoms with E-state index in [0.29, 0.717) is 12.4 Å². The number of hydrogen-bond acceptors (Lipinski definition) is 4. The maximum Gasteiger partial charge on any atom is 0.303 e. The molecule has 0 aliphatic carbocycles. The predicted molar refractivity (Wildman–Crippen MR) is 76.6 cm³/mol. The third-order valence-corrected chi connectivity index (χ3v) is 4.47. The van der Waals surface area contributed by atoms with Gasteiger partial charge < -0.3 is 17.6 Å². The highest BCUT2D eigenvalue weighted by molar-refractivity contribution is 7.89. The van der Waals surface area contributed by atoms with E-state index in [1.807, 2.05) is 7.05 Å². The molecule has 1 aromatic carbocycles. The fourth-order valence-electron chi connectivity index (χ4n) is 1.93. The first kappa shape index (κ1) is 18.1. The van der Waals surface area contributed by atoms with Crippen LogP contribution in [0.3, 0.4) is 0 Å². The van der Waals surface area contributed by atoms with Gasteiger partial charge in [-0.3, -0.25) is 0 Å². The maximum atomic E-state index is 12.0. The van der Waals surface area contributed by atoms with Crippen LogP contribution in [-0.4, -0.2) is 31.0 Å². The summed E-state index contributed by atoms with van der Waals surface area (Å²) in [4.78, 5) is 0.236. The molecule has 22 heavy (non-hydrogen) atoms. The summed E-state index contributed by atoms with van der Waals surface area (Å²) in [6.45, 7) is 0.659. The van der Waals surface area contributed by atoms with E-state index in [-0.39, 0.29) is 23.8 Å². The number of benzene rings is 1. The van der Waals surface area contributed by atoms with Crippen LogP contribution in [0.4, 0.5) is 0 Å². The fraction of sp³-hybridized carbons (Fsp3) is 0.231. The molecule has 0 saturated heterocycles. The minimum absolute atomic E-state index is 0. The van der Waals surface area contributed by atoms with E-state index in [1.165, 1.54) is 6.21 Å². The molecule has 0 bridgehead atoms. The number of nitrogens with one attached hydrogen (secondary N) is 1. The molecule has 120 valence electrons. The summed E-state index contributed by atoms with van der Waals surface area (Å²) >= 11 is 0. The molecule has 0 amide bonds. The molecule has 2 aromatic rings. The highest BCUT2D eigenvalue weighted by atomic mass is 35.5. The Kier molecular flexibility index (Phi) is 6.54. The minimum Gasteiger partial charge on any atom is -1.00 e. The maximum absolute atomic E-state index is 12.0. The first-order valence-corrected chi connectivity index (χ1v) is 7.80. The van der Waals surface area contributed by atoms with Crippen molar-refractivity contribution in [2.24, 2.45) is 12.2 Å². The zero-order valence-corrected chi connectivity index (χ0v) is 13.5. The summed E-state index contributed by atoms with van der Waals surface area (Å²) in [5.74, 6) is 0.663. The summed E-state index contributed by atoms with van der Waals surface area (Å²) in [5.41, 5.74) is 0. The van der Waals surface area contributed by atoms with Crippen LogP contribution in [0.1, 0.15) is 5.82 Å². The Morgan fingerprint density at radius 3 is 2.68 bits per heavy atom. The molecule has 9 heteroatoms. The van der Waals surface area contributed by atoms with Crippen LogP contribution in [0.2, 0.25) is 0 Å². The number of oxime groups is 1. The van der Waals surface area contributed by atoms with Crippen molar-refractivity contribution in [3.63, 3.8) is 0 Å². The van der Waals surface area contributed by atoms with Crippen molar-refractivity contribution in [1.82, 2.24) is 9.29 Å². The van der Waals surface area contributed by atoms with Crippen LogP contribution in [0.25, 0.3) is 0 Å². The van der Waals surface area contributed by atoms with Crippen molar-refractivity contribution in [1.29, 1.82) is 0 Å². The van der Waals surface area contributed by atoms with Gasteiger partial charge in [0, 0.05) is 6.54 Å². The first-order valence-electron chi connectivity index (χ1n) is 6.31. The van der Waals surface area contributed by atoms with Crippen LogP contribution in [0, 0.1) is 0 Å². The summed E-state index contributed by atoms with van der Waals surface area (Å²) in [6, 6.07) is 8.20. The monoisotopic (exact) mass is 344 g/mol. The number of imidazole rings is 1. The van der Waals surface area contributed by atoms with E-state index in [9.17, 15) is 8.42 Å². The third-order valence-electron chi connectivity index (χ3n) is 3.00. The zero-order valence-electron chi connectivity index (χ0n) is 11.9.